The predicted molar refractivity (Wildman–Crippen MR) is 105 cm³/mol. The van der Waals surface area contributed by atoms with Crippen LogP contribution in [0.5, 0.6) is 11.5 Å². The zero-order valence-corrected chi connectivity index (χ0v) is 16.8. The molecule has 0 saturated carbocycles. The molecule has 7 nitrogen and oxygen atoms in total. The van der Waals surface area contributed by atoms with Crippen LogP contribution >= 0.6 is 0 Å². The number of benzene rings is 1. The van der Waals surface area contributed by atoms with Gasteiger partial charge in [-0.1, -0.05) is 6.07 Å². The van der Waals surface area contributed by atoms with Crippen molar-refractivity contribution in [2.24, 2.45) is 5.92 Å². The van der Waals surface area contributed by atoms with E-state index in [2.05, 4.69) is 0 Å². The van der Waals surface area contributed by atoms with Crippen molar-refractivity contribution in [3.8, 4) is 11.5 Å². The van der Waals surface area contributed by atoms with Gasteiger partial charge >= 0.3 is 0 Å². The Morgan fingerprint density at radius 2 is 1.75 bits per heavy atom. The second-order valence-corrected chi connectivity index (χ2v) is 7.30. The second-order valence-electron chi connectivity index (χ2n) is 7.30. The molecule has 2 amide bonds. The summed E-state index contributed by atoms with van der Waals surface area (Å²) in [6, 6.07) is 5.50. The van der Waals surface area contributed by atoms with Crippen molar-refractivity contribution < 1.29 is 23.8 Å². The molecule has 1 aromatic rings. The zero-order chi connectivity index (χ0) is 19.9. The van der Waals surface area contributed by atoms with E-state index in [4.69, 9.17) is 14.2 Å². The molecule has 0 unspecified atom stereocenters. The lowest BCUT2D eigenvalue weighted by Crippen LogP contribution is -2.41. The molecule has 2 aliphatic rings. The number of carbonyl (C=O) groups is 2. The van der Waals surface area contributed by atoms with Crippen molar-refractivity contribution in [3.05, 3.63) is 23.8 Å². The van der Waals surface area contributed by atoms with Gasteiger partial charge in [-0.15, -0.1) is 0 Å². The van der Waals surface area contributed by atoms with E-state index in [-0.39, 0.29) is 24.2 Å². The van der Waals surface area contributed by atoms with E-state index in [1.165, 1.54) is 0 Å². The number of rotatable bonds is 5. The van der Waals surface area contributed by atoms with Crippen LogP contribution in [-0.4, -0.2) is 75.2 Å². The van der Waals surface area contributed by atoms with Gasteiger partial charge in [-0.3, -0.25) is 9.59 Å². The number of nitrogens with zero attached hydrogens (tertiary/aromatic N) is 2. The third-order valence-corrected chi connectivity index (χ3v) is 5.57. The van der Waals surface area contributed by atoms with Gasteiger partial charge < -0.3 is 24.0 Å². The summed E-state index contributed by atoms with van der Waals surface area (Å²) < 4.78 is 16.0. The van der Waals surface area contributed by atoms with Gasteiger partial charge in [0.05, 0.1) is 20.6 Å². The van der Waals surface area contributed by atoms with Crippen molar-refractivity contribution in [1.82, 2.24) is 9.80 Å². The Hall–Kier alpha value is -2.28. The van der Waals surface area contributed by atoms with Crippen LogP contribution in [0.2, 0.25) is 0 Å². The summed E-state index contributed by atoms with van der Waals surface area (Å²) in [6.07, 6.45) is 2.69. The SMILES string of the molecule is COc1ccc(CC(=O)N2CCCN(C(=O)C3CCOCC3)CC2)c(OC)c1. The Kier molecular flexibility index (Phi) is 7.14. The highest BCUT2D eigenvalue weighted by Gasteiger charge is 2.28. The summed E-state index contributed by atoms with van der Waals surface area (Å²) in [5, 5.41) is 0. The molecule has 3 rings (SSSR count). The Balaban J connectivity index is 1.57. The predicted octanol–water partition coefficient (Wildman–Crippen LogP) is 1.73. The van der Waals surface area contributed by atoms with Gasteiger partial charge in [0.25, 0.3) is 0 Å². The lowest BCUT2D eigenvalue weighted by atomic mass is 9.98. The molecule has 0 spiro atoms. The van der Waals surface area contributed by atoms with Crippen LogP contribution in [0, 0.1) is 5.92 Å². The first-order valence-electron chi connectivity index (χ1n) is 9.97. The maximum atomic E-state index is 12.8. The highest BCUT2D eigenvalue weighted by Crippen LogP contribution is 2.25. The van der Waals surface area contributed by atoms with Crippen LogP contribution in [0.15, 0.2) is 18.2 Å². The molecule has 28 heavy (non-hydrogen) atoms. The quantitative estimate of drug-likeness (QED) is 0.766. The molecule has 0 aliphatic carbocycles. The highest BCUT2D eigenvalue weighted by atomic mass is 16.5. The van der Waals surface area contributed by atoms with E-state index in [1.807, 2.05) is 21.9 Å². The van der Waals surface area contributed by atoms with Gasteiger partial charge in [0.1, 0.15) is 11.5 Å². The van der Waals surface area contributed by atoms with Crippen LogP contribution in [-0.2, 0) is 20.7 Å². The maximum absolute atomic E-state index is 12.8. The number of methoxy groups -OCH3 is 2. The topological polar surface area (TPSA) is 68.3 Å². The first-order chi connectivity index (χ1) is 13.6. The van der Waals surface area contributed by atoms with Gasteiger partial charge in [-0.25, -0.2) is 0 Å². The molecule has 0 aromatic heterocycles. The normalized spacial score (nSPS) is 18.5. The molecule has 2 heterocycles. The van der Waals surface area contributed by atoms with Crippen LogP contribution in [0.25, 0.3) is 0 Å². The van der Waals surface area contributed by atoms with Crippen LogP contribution in [0.1, 0.15) is 24.8 Å². The van der Waals surface area contributed by atoms with Gasteiger partial charge in [-0.2, -0.15) is 0 Å². The molecule has 0 N–H and O–H groups in total. The first kappa shape index (κ1) is 20.5. The largest absolute Gasteiger partial charge is 0.497 e. The Labute approximate surface area is 166 Å². The molecule has 0 bridgehead atoms. The van der Waals surface area contributed by atoms with E-state index in [1.54, 1.807) is 20.3 Å². The maximum Gasteiger partial charge on any atom is 0.227 e. The molecule has 1 aromatic carbocycles. The number of amides is 2. The summed E-state index contributed by atoms with van der Waals surface area (Å²) >= 11 is 0. The molecular formula is C21H30N2O5. The minimum Gasteiger partial charge on any atom is -0.497 e. The Morgan fingerprint density at radius 1 is 1.04 bits per heavy atom. The lowest BCUT2D eigenvalue weighted by molar-refractivity contribution is -0.139. The number of ether oxygens (including phenoxy) is 3. The Morgan fingerprint density at radius 3 is 2.46 bits per heavy atom. The smallest absolute Gasteiger partial charge is 0.227 e. The second kappa shape index (κ2) is 9.78. The zero-order valence-electron chi connectivity index (χ0n) is 16.8. The van der Waals surface area contributed by atoms with E-state index < -0.39 is 0 Å². The minimum absolute atomic E-state index is 0.0591. The molecule has 2 saturated heterocycles. The van der Waals surface area contributed by atoms with Gasteiger partial charge in [0, 0.05) is 56.9 Å². The standard InChI is InChI=1S/C21H30N2O5/c1-26-18-5-4-17(19(15-18)27-2)14-20(24)22-8-3-9-23(11-10-22)21(25)16-6-12-28-13-7-16/h4-5,15-16H,3,6-14H2,1-2H3. The summed E-state index contributed by atoms with van der Waals surface area (Å²) in [7, 11) is 3.19. The highest BCUT2D eigenvalue weighted by molar-refractivity contribution is 5.81. The average Bonchev–Trinajstić information content (AvgIpc) is 3.00. The number of carbonyl (C=O) groups excluding carboxylic acids is 2. The van der Waals surface area contributed by atoms with Crippen molar-refractivity contribution in [3.63, 3.8) is 0 Å². The molecule has 2 fully saturated rings. The molecule has 2 aliphatic heterocycles. The van der Waals surface area contributed by atoms with E-state index in [0.717, 1.165) is 24.8 Å². The molecular weight excluding hydrogens is 360 g/mol. The van der Waals surface area contributed by atoms with Gasteiger partial charge in [-0.05, 0) is 25.3 Å². The van der Waals surface area contributed by atoms with E-state index in [9.17, 15) is 9.59 Å². The van der Waals surface area contributed by atoms with Gasteiger partial charge in [0.2, 0.25) is 11.8 Å². The van der Waals surface area contributed by atoms with Crippen molar-refractivity contribution in [2.75, 3.05) is 53.6 Å². The fourth-order valence-corrected chi connectivity index (χ4v) is 3.86. The number of hydrogen-bond donors (Lipinski definition) is 0. The van der Waals surface area contributed by atoms with Crippen LogP contribution in [0.4, 0.5) is 0 Å². The number of hydrogen-bond acceptors (Lipinski definition) is 5. The summed E-state index contributed by atoms with van der Waals surface area (Å²) in [4.78, 5) is 29.4. The van der Waals surface area contributed by atoms with Crippen LogP contribution in [0.3, 0.4) is 0 Å². The third kappa shape index (κ3) is 4.95. The fourth-order valence-electron chi connectivity index (χ4n) is 3.86. The lowest BCUT2D eigenvalue weighted by Gasteiger charge is -2.28. The van der Waals surface area contributed by atoms with Crippen molar-refractivity contribution in [1.29, 1.82) is 0 Å². The first-order valence-corrected chi connectivity index (χ1v) is 9.97. The van der Waals surface area contributed by atoms with E-state index in [0.29, 0.717) is 50.9 Å². The molecule has 154 valence electrons. The van der Waals surface area contributed by atoms with Crippen molar-refractivity contribution >= 4 is 11.8 Å². The third-order valence-electron chi connectivity index (χ3n) is 5.57. The summed E-state index contributed by atoms with van der Waals surface area (Å²) in [5.74, 6) is 1.70. The summed E-state index contributed by atoms with van der Waals surface area (Å²) in [6.45, 7) is 3.89. The molecule has 0 atom stereocenters. The monoisotopic (exact) mass is 390 g/mol. The molecule has 7 heteroatoms. The van der Waals surface area contributed by atoms with Gasteiger partial charge in [0.15, 0.2) is 0 Å². The Bertz CT molecular complexity index is 687. The van der Waals surface area contributed by atoms with Crippen molar-refractivity contribution in [2.45, 2.75) is 25.7 Å². The summed E-state index contributed by atoms with van der Waals surface area (Å²) in [5.41, 5.74) is 0.840. The fraction of sp³-hybridized carbons (Fsp3) is 0.619. The average molecular weight is 390 g/mol. The molecule has 0 radical (unpaired) electrons. The minimum atomic E-state index is 0.0591. The van der Waals surface area contributed by atoms with Crippen LogP contribution < -0.4 is 9.47 Å². The van der Waals surface area contributed by atoms with E-state index >= 15 is 0 Å².